The summed E-state index contributed by atoms with van der Waals surface area (Å²) < 4.78 is 4.40. The van der Waals surface area contributed by atoms with Gasteiger partial charge in [0, 0.05) is 0 Å². The number of rotatable bonds is 4. The van der Waals surface area contributed by atoms with Crippen molar-refractivity contribution in [1.82, 2.24) is 5.32 Å². The molecule has 0 amide bonds. The van der Waals surface area contributed by atoms with Crippen LogP contribution in [0.3, 0.4) is 0 Å². The molecule has 4 heteroatoms. The van der Waals surface area contributed by atoms with E-state index in [0.29, 0.717) is 6.54 Å². The quantitative estimate of drug-likeness (QED) is 0.492. The number of halogens is 1. The Balaban J connectivity index is 0. The third kappa shape index (κ3) is 7.72. The maximum atomic E-state index is 10.4. The molecule has 0 fully saturated rings. The van der Waals surface area contributed by atoms with Crippen LogP contribution in [-0.4, -0.2) is 26.2 Å². The molecule has 0 aromatic rings. The largest absolute Gasteiger partial charge is 0.468 e. The summed E-state index contributed by atoms with van der Waals surface area (Å²) in [7, 11) is 1.38. The van der Waals surface area contributed by atoms with Gasteiger partial charge in [-0.05, 0) is 13.0 Å². The fourth-order valence-corrected chi connectivity index (χ4v) is 0.439. The van der Waals surface area contributed by atoms with Crippen molar-refractivity contribution in [2.24, 2.45) is 0 Å². The summed E-state index contributed by atoms with van der Waals surface area (Å²) in [5.41, 5.74) is 0. The third-order valence-corrected chi connectivity index (χ3v) is 0.924. The minimum Gasteiger partial charge on any atom is -0.468 e. The van der Waals surface area contributed by atoms with Gasteiger partial charge in [0.25, 0.3) is 0 Å². The van der Waals surface area contributed by atoms with E-state index in [1.807, 2.05) is 6.92 Å². The predicted octanol–water partition coefficient (Wildman–Crippen LogP) is 0.581. The first-order chi connectivity index (χ1) is 4.31. The van der Waals surface area contributed by atoms with Crippen LogP contribution in [0, 0.1) is 0 Å². The number of hydrogen-bond acceptors (Lipinski definition) is 3. The van der Waals surface area contributed by atoms with E-state index >= 15 is 0 Å². The maximum Gasteiger partial charge on any atom is 0.319 e. The molecule has 0 aliphatic heterocycles. The zero-order chi connectivity index (χ0) is 7.11. The van der Waals surface area contributed by atoms with Crippen molar-refractivity contribution < 1.29 is 9.53 Å². The molecule has 10 heavy (non-hydrogen) atoms. The molecule has 0 unspecified atom stereocenters. The zero-order valence-corrected chi connectivity index (χ0v) is 7.16. The van der Waals surface area contributed by atoms with Crippen molar-refractivity contribution >= 4 is 18.4 Å². The Morgan fingerprint density at radius 2 is 2.20 bits per heavy atom. The first-order valence-electron chi connectivity index (χ1n) is 3.08. The predicted molar refractivity (Wildman–Crippen MR) is 42.4 cm³/mol. The molecule has 1 N–H and O–H groups in total. The van der Waals surface area contributed by atoms with Gasteiger partial charge in [-0.3, -0.25) is 4.79 Å². The minimum absolute atomic E-state index is 0. The van der Waals surface area contributed by atoms with E-state index in [0.717, 1.165) is 13.0 Å². The molecule has 62 valence electrons. The highest BCUT2D eigenvalue weighted by molar-refractivity contribution is 5.85. The Labute approximate surface area is 67.5 Å². The van der Waals surface area contributed by atoms with Gasteiger partial charge >= 0.3 is 5.97 Å². The SMILES string of the molecule is CCCNCC(=O)OC.Cl. The Hall–Kier alpha value is -0.280. The Bertz CT molecular complexity index is 87.8. The summed E-state index contributed by atoms with van der Waals surface area (Å²) in [6.45, 7) is 3.24. The van der Waals surface area contributed by atoms with Crippen molar-refractivity contribution in [3.63, 3.8) is 0 Å². The van der Waals surface area contributed by atoms with Crippen LogP contribution in [0.5, 0.6) is 0 Å². The highest BCUT2D eigenvalue weighted by Crippen LogP contribution is 1.71. The van der Waals surface area contributed by atoms with Gasteiger partial charge in [-0.2, -0.15) is 0 Å². The third-order valence-electron chi connectivity index (χ3n) is 0.924. The average Bonchev–Trinajstić information content (AvgIpc) is 1.89. The van der Waals surface area contributed by atoms with Gasteiger partial charge in [-0.15, -0.1) is 12.4 Å². The molecule has 0 aromatic carbocycles. The van der Waals surface area contributed by atoms with E-state index in [1.165, 1.54) is 7.11 Å². The van der Waals surface area contributed by atoms with Crippen LogP contribution >= 0.6 is 12.4 Å². The van der Waals surface area contributed by atoms with Gasteiger partial charge in [0.1, 0.15) is 0 Å². The standard InChI is InChI=1S/C6H13NO2.ClH/c1-3-4-7-5-6(8)9-2;/h7H,3-5H2,1-2H3;1H. The number of carbonyl (C=O) groups excluding carboxylic acids is 1. The summed E-state index contributed by atoms with van der Waals surface area (Å²) in [4.78, 5) is 10.4. The smallest absolute Gasteiger partial charge is 0.319 e. The molecular weight excluding hydrogens is 154 g/mol. The van der Waals surface area contributed by atoms with Gasteiger partial charge in [-0.25, -0.2) is 0 Å². The molecule has 0 radical (unpaired) electrons. The number of esters is 1. The van der Waals surface area contributed by atoms with Crippen molar-refractivity contribution in [1.29, 1.82) is 0 Å². The van der Waals surface area contributed by atoms with Crippen molar-refractivity contribution in [2.45, 2.75) is 13.3 Å². The van der Waals surface area contributed by atoms with Crippen LogP contribution in [-0.2, 0) is 9.53 Å². The number of methoxy groups -OCH3 is 1. The van der Waals surface area contributed by atoms with Gasteiger partial charge in [0.05, 0.1) is 13.7 Å². The second-order valence-electron chi connectivity index (χ2n) is 1.75. The van der Waals surface area contributed by atoms with Crippen molar-refractivity contribution in [3.05, 3.63) is 0 Å². The summed E-state index contributed by atoms with van der Waals surface area (Å²) in [6.07, 6.45) is 1.04. The van der Waals surface area contributed by atoms with Crippen LogP contribution in [0.25, 0.3) is 0 Å². The Morgan fingerprint density at radius 1 is 1.60 bits per heavy atom. The lowest BCUT2D eigenvalue weighted by Crippen LogP contribution is -2.24. The van der Waals surface area contributed by atoms with Crippen molar-refractivity contribution in [3.8, 4) is 0 Å². The maximum absolute atomic E-state index is 10.4. The minimum atomic E-state index is -0.205. The second kappa shape index (κ2) is 8.72. The highest BCUT2D eigenvalue weighted by Gasteiger charge is 1.95. The fourth-order valence-electron chi connectivity index (χ4n) is 0.439. The summed E-state index contributed by atoms with van der Waals surface area (Å²) >= 11 is 0. The van der Waals surface area contributed by atoms with E-state index in [2.05, 4.69) is 10.1 Å². The lowest BCUT2D eigenvalue weighted by atomic mass is 10.5. The molecule has 0 aliphatic rings. The van der Waals surface area contributed by atoms with Gasteiger partial charge in [-0.1, -0.05) is 6.92 Å². The van der Waals surface area contributed by atoms with E-state index in [4.69, 9.17) is 0 Å². The van der Waals surface area contributed by atoms with E-state index in [9.17, 15) is 4.79 Å². The number of hydrogen-bond donors (Lipinski definition) is 1. The summed E-state index contributed by atoms with van der Waals surface area (Å²) in [5.74, 6) is -0.205. The normalized spacial score (nSPS) is 8.20. The average molecular weight is 168 g/mol. The fraction of sp³-hybridized carbons (Fsp3) is 0.833. The zero-order valence-electron chi connectivity index (χ0n) is 6.35. The molecule has 3 nitrogen and oxygen atoms in total. The highest BCUT2D eigenvalue weighted by atomic mass is 35.5. The van der Waals surface area contributed by atoms with E-state index in [1.54, 1.807) is 0 Å². The number of carbonyl (C=O) groups is 1. The lowest BCUT2D eigenvalue weighted by molar-refractivity contribution is -0.139. The number of nitrogens with one attached hydrogen (secondary N) is 1. The molecule has 0 spiro atoms. The van der Waals surface area contributed by atoms with E-state index in [-0.39, 0.29) is 18.4 Å². The molecule has 0 saturated heterocycles. The van der Waals surface area contributed by atoms with Crippen LogP contribution in [0.15, 0.2) is 0 Å². The second-order valence-corrected chi connectivity index (χ2v) is 1.75. The van der Waals surface area contributed by atoms with E-state index < -0.39 is 0 Å². The molecular formula is C6H14ClNO2. The molecule has 0 bridgehead atoms. The topological polar surface area (TPSA) is 38.3 Å². The Morgan fingerprint density at radius 3 is 2.60 bits per heavy atom. The van der Waals surface area contributed by atoms with Gasteiger partial charge in [0.2, 0.25) is 0 Å². The van der Waals surface area contributed by atoms with Crippen LogP contribution in [0.4, 0.5) is 0 Å². The molecule has 0 heterocycles. The van der Waals surface area contributed by atoms with Crippen molar-refractivity contribution in [2.75, 3.05) is 20.2 Å². The molecule has 0 aliphatic carbocycles. The van der Waals surface area contributed by atoms with Crippen LogP contribution < -0.4 is 5.32 Å². The molecule has 0 rings (SSSR count). The van der Waals surface area contributed by atoms with Gasteiger partial charge in [0.15, 0.2) is 0 Å². The molecule has 0 saturated carbocycles. The molecule has 0 atom stereocenters. The first-order valence-corrected chi connectivity index (χ1v) is 3.08. The first kappa shape index (κ1) is 12.4. The van der Waals surface area contributed by atoms with Crippen LogP contribution in [0.2, 0.25) is 0 Å². The Kier molecular flexibility index (Phi) is 10.8. The number of ether oxygens (including phenoxy) is 1. The lowest BCUT2D eigenvalue weighted by Gasteiger charge is -1.98. The monoisotopic (exact) mass is 167 g/mol. The summed E-state index contributed by atoms with van der Waals surface area (Å²) in [6, 6.07) is 0. The summed E-state index contributed by atoms with van der Waals surface area (Å²) in [5, 5.41) is 2.91. The molecule has 0 aromatic heterocycles. The van der Waals surface area contributed by atoms with Crippen LogP contribution in [0.1, 0.15) is 13.3 Å². The van der Waals surface area contributed by atoms with Gasteiger partial charge < -0.3 is 10.1 Å².